The highest BCUT2D eigenvalue weighted by atomic mass is 16.5. The molecule has 28 heavy (non-hydrogen) atoms. The molecule has 0 amide bonds. The average Bonchev–Trinajstić information content (AvgIpc) is 3.24. The maximum Gasteiger partial charge on any atom is 0.193 e. The zero-order valence-electron chi connectivity index (χ0n) is 16.5. The Balaban J connectivity index is 1.64. The first-order chi connectivity index (χ1) is 13.7. The van der Waals surface area contributed by atoms with Crippen LogP contribution in [0.2, 0.25) is 0 Å². The number of nitrogens with one attached hydrogen (secondary N) is 1. The monoisotopic (exact) mass is 380 g/mol. The highest BCUT2D eigenvalue weighted by Crippen LogP contribution is 2.29. The Kier molecular flexibility index (Phi) is 6.78. The molecule has 0 spiro atoms. The van der Waals surface area contributed by atoms with Crippen molar-refractivity contribution < 1.29 is 9.47 Å². The van der Waals surface area contributed by atoms with Gasteiger partial charge in [-0.1, -0.05) is 24.3 Å². The van der Waals surface area contributed by atoms with Crippen LogP contribution in [0.4, 0.5) is 11.4 Å². The second-order valence-electron chi connectivity index (χ2n) is 6.39. The van der Waals surface area contributed by atoms with Gasteiger partial charge in [-0.25, -0.2) is 4.99 Å². The van der Waals surface area contributed by atoms with E-state index in [0.717, 1.165) is 30.1 Å². The Labute approximate surface area is 166 Å². The van der Waals surface area contributed by atoms with Gasteiger partial charge >= 0.3 is 0 Å². The van der Waals surface area contributed by atoms with Gasteiger partial charge in [-0.3, -0.25) is 0 Å². The Morgan fingerprint density at radius 2 is 1.75 bits per heavy atom. The molecule has 0 saturated heterocycles. The number of anilines is 2. The van der Waals surface area contributed by atoms with E-state index in [0.29, 0.717) is 31.5 Å². The van der Waals surface area contributed by atoms with Crippen LogP contribution in [0.1, 0.15) is 19.4 Å². The summed E-state index contributed by atoms with van der Waals surface area (Å²) in [5, 5.41) is 3.13. The van der Waals surface area contributed by atoms with Crippen LogP contribution in [0, 0.1) is 0 Å². The van der Waals surface area contributed by atoms with Crippen LogP contribution < -0.4 is 25.4 Å². The number of aliphatic imine (C=N–C) groups is 1. The predicted octanol–water partition coefficient (Wildman–Crippen LogP) is 3.79. The van der Waals surface area contributed by atoms with Crippen LogP contribution in [-0.4, -0.2) is 32.3 Å². The second-order valence-corrected chi connectivity index (χ2v) is 6.39. The van der Waals surface area contributed by atoms with Crippen molar-refractivity contribution in [1.29, 1.82) is 0 Å². The summed E-state index contributed by atoms with van der Waals surface area (Å²) in [6, 6.07) is 14.0. The Morgan fingerprint density at radius 3 is 2.43 bits per heavy atom. The van der Waals surface area contributed by atoms with E-state index in [4.69, 9.17) is 15.2 Å². The maximum atomic E-state index is 6.10. The largest absolute Gasteiger partial charge is 0.494 e. The molecule has 3 N–H and O–H groups in total. The molecule has 6 nitrogen and oxygen atoms in total. The third-order valence-corrected chi connectivity index (χ3v) is 4.38. The lowest BCUT2D eigenvalue weighted by Crippen LogP contribution is -2.23. The van der Waals surface area contributed by atoms with Gasteiger partial charge in [0.05, 0.1) is 25.4 Å². The van der Waals surface area contributed by atoms with Crippen LogP contribution in [0.25, 0.3) is 0 Å². The third-order valence-electron chi connectivity index (χ3n) is 4.38. The summed E-state index contributed by atoms with van der Waals surface area (Å²) in [6.07, 6.45) is 4.36. The number of nitrogens with zero attached hydrogens (tertiary/aromatic N) is 2. The Hall–Kier alpha value is -3.15. The normalized spacial score (nSPS) is 13.6. The van der Waals surface area contributed by atoms with E-state index in [1.165, 1.54) is 5.69 Å². The molecule has 0 saturated carbocycles. The highest BCUT2D eigenvalue weighted by molar-refractivity contribution is 5.94. The van der Waals surface area contributed by atoms with Gasteiger partial charge in [-0.05, 0) is 43.7 Å². The van der Waals surface area contributed by atoms with Crippen molar-refractivity contribution in [3.8, 4) is 11.5 Å². The molecule has 0 bridgehead atoms. The number of nitrogens with two attached hydrogens (primary N) is 1. The Bertz CT molecular complexity index is 823. The summed E-state index contributed by atoms with van der Waals surface area (Å²) in [5.41, 5.74) is 9.17. The molecular weight excluding hydrogens is 352 g/mol. The van der Waals surface area contributed by atoms with Gasteiger partial charge in [0.15, 0.2) is 5.96 Å². The van der Waals surface area contributed by atoms with E-state index >= 15 is 0 Å². The quantitative estimate of drug-likeness (QED) is 0.414. The van der Waals surface area contributed by atoms with Gasteiger partial charge < -0.3 is 25.4 Å². The number of rotatable bonds is 8. The standard InChI is InChI=1S/C22H28N4O2/c1-3-27-19-11-12-21(28-4-2)20(15-19)25-22(23)24-16-17-7-9-18(10-8-17)26-13-5-6-14-26/h5-12,15H,3-4,13-14,16H2,1-2H3,(H3,23,24,25). The smallest absolute Gasteiger partial charge is 0.193 e. The number of hydrogen-bond acceptors (Lipinski definition) is 4. The fourth-order valence-corrected chi connectivity index (χ4v) is 3.00. The van der Waals surface area contributed by atoms with E-state index in [2.05, 4.69) is 51.6 Å². The fraction of sp³-hybridized carbons (Fsp3) is 0.318. The van der Waals surface area contributed by atoms with E-state index in [-0.39, 0.29) is 0 Å². The van der Waals surface area contributed by atoms with Crippen molar-refractivity contribution in [3.63, 3.8) is 0 Å². The third kappa shape index (κ3) is 5.19. The van der Waals surface area contributed by atoms with Crippen LogP contribution in [0.15, 0.2) is 59.6 Å². The summed E-state index contributed by atoms with van der Waals surface area (Å²) < 4.78 is 11.2. The van der Waals surface area contributed by atoms with Gasteiger partial charge in [-0.2, -0.15) is 0 Å². The minimum Gasteiger partial charge on any atom is -0.494 e. The lowest BCUT2D eigenvalue weighted by atomic mass is 10.2. The van der Waals surface area contributed by atoms with Gasteiger partial charge in [-0.15, -0.1) is 0 Å². The molecule has 3 rings (SSSR count). The fourth-order valence-electron chi connectivity index (χ4n) is 3.00. The van der Waals surface area contributed by atoms with Gasteiger partial charge in [0.2, 0.25) is 0 Å². The van der Waals surface area contributed by atoms with Crippen LogP contribution in [-0.2, 0) is 6.54 Å². The number of benzene rings is 2. The summed E-state index contributed by atoms with van der Waals surface area (Å²) in [5.74, 6) is 1.81. The molecule has 148 valence electrons. The van der Waals surface area contributed by atoms with Gasteiger partial charge in [0, 0.05) is 24.8 Å². The summed E-state index contributed by atoms with van der Waals surface area (Å²) in [4.78, 5) is 6.76. The van der Waals surface area contributed by atoms with E-state index in [9.17, 15) is 0 Å². The molecule has 6 heteroatoms. The molecular formula is C22H28N4O2. The van der Waals surface area contributed by atoms with Crippen molar-refractivity contribution in [1.82, 2.24) is 0 Å². The van der Waals surface area contributed by atoms with E-state index in [1.54, 1.807) is 0 Å². The molecule has 0 fully saturated rings. The lowest BCUT2D eigenvalue weighted by molar-refractivity contribution is 0.332. The van der Waals surface area contributed by atoms with Crippen molar-refractivity contribution in [2.45, 2.75) is 20.4 Å². The Morgan fingerprint density at radius 1 is 1.04 bits per heavy atom. The van der Waals surface area contributed by atoms with Gasteiger partial charge in [0.25, 0.3) is 0 Å². The molecule has 1 heterocycles. The van der Waals surface area contributed by atoms with Crippen LogP contribution in [0.5, 0.6) is 11.5 Å². The van der Waals surface area contributed by atoms with Crippen molar-refractivity contribution in [2.75, 3.05) is 36.5 Å². The minimum atomic E-state index is 0.336. The van der Waals surface area contributed by atoms with Crippen molar-refractivity contribution >= 4 is 17.3 Å². The summed E-state index contributed by atoms with van der Waals surface area (Å²) >= 11 is 0. The molecule has 0 aromatic heterocycles. The second kappa shape index (κ2) is 9.69. The summed E-state index contributed by atoms with van der Waals surface area (Å²) in [6.45, 7) is 7.50. The number of guanidine groups is 1. The minimum absolute atomic E-state index is 0.336. The van der Waals surface area contributed by atoms with Gasteiger partial charge in [0.1, 0.15) is 11.5 Å². The number of hydrogen-bond donors (Lipinski definition) is 2. The maximum absolute atomic E-state index is 6.10. The lowest BCUT2D eigenvalue weighted by Gasteiger charge is -2.17. The SMILES string of the molecule is CCOc1ccc(OCC)c(NC(N)=NCc2ccc(N3CC=CC3)cc2)c1. The molecule has 1 aliphatic rings. The molecule has 2 aromatic carbocycles. The van der Waals surface area contributed by atoms with Crippen molar-refractivity contribution in [3.05, 3.63) is 60.2 Å². The molecule has 1 aliphatic heterocycles. The zero-order valence-corrected chi connectivity index (χ0v) is 16.5. The van der Waals surface area contributed by atoms with Crippen LogP contribution >= 0.6 is 0 Å². The first kappa shape index (κ1) is 19.6. The topological polar surface area (TPSA) is 72.1 Å². The first-order valence-corrected chi connectivity index (χ1v) is 9.65. The molecule has 0 aliphatic carbocycles. The highest BCUT2D eigenvalue weighted by Gasteiger charge is 2.08. The van der Waals surface area contributed by atoms with E-state index in [1.807, 2.05) is 32.0 Å². The number of ether oxygens (including phenoxy) is 2. The van der Waals surface area contributed by atoms with E-state index < -0.39 is 0 Å². The average molecular weight is 380 g/mol. The van der Waals surface area contributed by atoms with Crippen LogP contribution in [0.3, 0.4) is 0 Å². The molecule has 0 unspecified atom stereocenters. The predicted molar refractivity (Wildman–Crippen MR) is 116 cm³/mol. The molecule has 0 radical (unpaired) electrons. The molecule has 0 atom stereocenters. The summed E-state index contributed by atoms with van der Waals surface area (Å²) in [7, 11) is 0. The molecule has 2 aromatic rings. The van der Waals surface area contributed by atoms with Crippen molar-refractivity contribution in [2.24, 2.45) is 10.7 Å². The first-order valence-electron chi connectivity index (χ1n) is 9.65. The zero-order chi connectivity index (χ0) is 19.8.